The van der Waals surface area contributed by atoms with Crippen LogP contribution in [-0.4, -0.2) is 33.7 Å². The van der Waals surface area contributed by atoms with Crippen LogP contribution >= 0.6 is 23.1 Å². The lowest BCUT2D eigenvalue weighted by molar-refractivity contribution is -0.117. The second kappa shape index (κ2) is 5.76. The average Bonchev–Trinajstić information content (AvgIpc) is 3.09. The van der Waals surface area contributed by atoms with E-state index in [9.17, 15) is 9.59 Å². The highest BCUT2D eigenvalue weighted by molar-refractivity contribution is 8.00. The molecular weight excluding hydrogens is 296 g/mol. The molecule has 0 bridgehead atoms. The number of nitrogens with zero attached hydrogens (tertiary/aromatic N) is 2. The first kappa shape index (κ1) is 13.3. The van der Waals surface area contributed by atoms with E-state index < -0.39 is 6.03 Å². The minimum Gasteiger partial charge on any atom is -0.335 e. The molecule has 0 unspecified atom stereocenters. The summed E-state index contributed by atoms with van der Waals surface area (Å²) < 4.78 is 0. The molecule has 104 valence electrons. The molecule has 0 radical (unpaired) electrons. The number of thiophene rings is 1. The number of fused-ring (bicyclic) bond motifs is 1. The maximum absolute atomic E-state index is 11.7. The van der Waals surface area contributed by atoms with Crippen LogP contribution in [0.3, 0.4) is 0 Å². The van der Waals surface area contributed by atoms with Gasteiger partial charge in [0.25, 0.3) is 0 Å². The molecule has 1 aliphatic rings. The van der Waals surface area contributed by atoms with E-state index in [1.54, 1.807) is 0 Å². The van der Waals surface area contributed by atoms with Gasteiger partial charge in [0.05, 0.1) is 5.75 Å². The van der Waals surface area contributed by atoms with Crippen LogP contribution in [0.2, 0.25) is 0 Å². The number of carbonyl (C=O) groups is 2. The summed E-state index contributed by atoms with van der Waals surface area (Å²) in [6, 6.07) is 1.75. The minimum atomic E-state index is -0.415. The number of thioether (sulfide) groups is 1. The normalized spacial score (nSPS) is 14.2. The molecule has 20 heavy (non-hydrogen) atoms. The van der Waals surface area contributed by atoms with Crippen molar-refractivity contribution in [2.75, 3.05) is 5.75 Å². The van der Waals surface area contributed by atoms with Gasteiger partial charge in [0, 0.05) is 11.4 Å². The van der Waals surface area contributed by atoms with Gasteiger partial charge in [-0.1, -0.05) is 11.8 Å². The fourth-order valence-corrected chi connectivity index (χ4v) is 3.21. The Kier molecular flexibility index (Phi) is 3.83. The monoisotopic (exact) mass is 308 g/mol. The summed E-state index contributed by atoms with van der Waals surface area (Å²) >= 11 is 2.83. The van der Waals surface area contributed by atoms with Gasteiger partial charge in [-0.3, -0.25) is 10.1 Å². The van der Waals surface area contributed by atoms with Crippen molar-refractivity contribution >= 4 is 45.3 Å². The van der Waals surface area contributed by atoms with Crippen LogP contribution in [0.5, 0.6) is 0 Å². The van der Waals surface area contributed by atoms with Gasteiger partial charge in [-0.05, 0) is 24.3 Å². The lowest BCUT2D eigenvalue weighted by Crippen LogP contribution is -2.41. The van der Waals surface area contributed by atoms with Gasteiger partial charge in [0.2, 0.25) is 5.91 Å². The summed E-state index contributed by atoms with van der Waals surface area (Å²) in [5.74, 6) is -0.171. The third-order valence-corrected chi connectivity index (χ3v) is 4.56. The maximum atomic E-state index is 11.7. The molecular formula is C12H12N4O2S2. The molecule has 0 spiro atoms. The Balaban J connectivity index is 1.54. The van der Waals surface area contributed by atoms with Gasteiger partial charge in [-0.15, -0.1) is 11.3 Å². The first-order chi connectivity index (χ1) is 9.72. The standard InChI is InChI=1S/C12H12N4O2S2/c17-9(16-12(18)15-7-1-2-7)5-20-11-8-3-4-19-10(8)13-6-14-11/h3-4,6-7H,1-2,5H2,(H2,15,16,17,18). The Bertz CT molecular complexity index is 654. The number of hydrogen-bond acceptors (Lipinski definition) is 6. The van der Waals surface area contributed by atoms with Crippen molar-refractivity contribution < 1.29 is 9.59 Å². The summed E-state index contributed by atoms with van der Waals surface area (Å²) in [7, 11) is 0. The van der Waals surface area contributed by atoms with E-state index in [2.05, 4.69) is 20.6 Å². The van der Waals surface area contributed by atoms with E-state index in [1.165, 1.54) is 29.4 Å². The van der Waals surface area contributed by atoms with Gasteiger partial charge in [-0.25, -0.2) is 14.8 Å². The Labute approximate surface area is 123 Å². The lowest BCUT2D eigenvalue weighted by atomic mass is 10.4. The van der Waals surface area contributed by atoms with Crippen molar-refractivity contribution in [2.24, 2.45) is 0 Å². The number of nitrogens with one attached hydrogen (secondary N) is 2. The molecule has 3 rings (SSSR count). The van der Waals surface area contributed by atoms with Crippen LogP contribution in [0.4, 0.5) is 4.79 Å². The molecule has 0 aromatic carbocycles. The first-order valence-electron chi connectivity index (χ1n) is 6.14. The summed E-state index contributed by atoms with van der Waals surface area (Å²) in [6.45, 7) is 0. The van der Waals surface area contributed by atoms with Crippen molar-refractivity contribution in [3.63, 3.8) is 0 Å². The van der Waals surface area contributed by atoms with Crippen molar-refractivity contribution in [2.45, 2.75) is 23.9 Å². The number of amides is 3. The zero-order chi connectivity index (χ0) is 13.9. The van der Waals surface area contributed by atoms with E-state index in [0.717, 1.165) is 28.1 Å². The van der Waals surface area contributed by atoms with Gasteiger partial charge < -0.3 is 5.32 Å². The molecule has 6 nitrogen and oxygen atoms in total. The molecule has 3 amide bonds. The van der Waals surface area contributed by atoms with Crippen molar-refractivity contribution in [1.29, 1.82) is 0 Å². The zero-order valence-electron chi connectivity index (χ0n) is 10.5. The first-order valence-corrected chi connectivity index (χ1v) is 8.00. The molecule has 0 saturated heterocycles. The Hall–Kier alpha value is -1.67. The minimum absolute atomic E-state index is 0.153. The smallest absolute Gasteiger partial charge is 0.321 e. The molecule has 2 N–H and O–H groups in total. The highest BCUT2D eigenvalue weighted by Crippen LogP contribution is 2.27. The Morgan fingerprint density at radius 1 is 1.40 bits per heavy atom. The van der Waals surface area contributed by atoms with Crippen molar-refractivity contribution in [3.05, 3.63) is 17.8 Å². The molecule has 1 aliphatic carbocycles. The second-order valence-corrected chi connectivity index (χ2v) is 6.26. The van der Waals surface area contributed by atoms with Crippen molar-refractivity contribution in [3.8, 4) is 0 Å². The van der Waals surface area contributed by atoms with Gasteiger partial charge in [0.1, 0.15) is 16.2 Å². The largest absolute Gasteiger partial charge is 0.335 e. The molecule has 2 aromatic rings. The molecule has 1 fully saturated rings. The van der Waals surface area contributed by atoms with Gasteiger partial charge in [0.15, 0.2) is 0 Å². The molecule has 8 heteroatoms. The third-order valence-electron chi connectivity index (χ3n) is 2.73. The van der Waals surface area contributed by atoms with Gasteiger partial charge >= 0.3 is 6.03 Å². The maximum Gasteiger partial charge on any atom is 0.321 e. The van der Waals surface area contributed by atoms with Crippen LogP contribution in [0, 0.1) is 0 Å². The van der Waals surface area contributed by atoms with E-state index in [1.807, 2.05) is 11.4 Å². The summed E-state index contributed by atoms with van der Waals surface area (Å²) in [4.78, 5) is 32.3. The topological polar surface area (TPSA) is 84.0 Å². The van der Waals surface area contributed by atoms with Crippen LogP contribution in [0.15, 0.2) is 22.8 Å². The predicted molar refractivity (Wildman–Crippen MR) is 77.8 cm³/mol. The summed E-state index contributed by atoms with van der Waals surface area (Å²) in [6.07, 6.45) is 3.47. The number of aromatic nitrogens is 2. The molecule has 0 aliphatic heterocycles. The van der Waals surface area contributed by atoms with E-state index in [-0.39, 0.29) is 17.7 Å². The number of carbonyl (C=O) groups excluding carboxylic acids is 2. The Morgan fingerprint density at radius 2 is 2.25 bits per heavy atom. The fourth-order valence-electron chi connectivity index (χ4n) is 1.63. The SMILES string of the molecule is O=C(CSc1ncnc2sccc12)NC(=O)NC1CC1. The number of rotatable bonds is 4. The quantitative estimate of drug-likeness (QED) is 0.664. The van der Waals surface area contributed by atoms with Crippen molar-refractivity contribution in [1.82, 2.24) is 20.6 Å². The van der Waals surface area contributed by atoms with E-state index >= 15 is 0 Å². The molecule has 0 atom stereocenters. The highest BCUT2D eigenvalue weighted by Gasteiger charge is 2.23. The molecule has 1 saturated carbocycles. The summed E-state index contributed by atoms with van der Waals surface area (Å²) in [5, 5.41) is 8.65. The Morgan fingerprint density at radius 3 is 3.05 bits per heavy atom. The lowest BCUT2D eigenvalue weighted by Gasteiger charge is -2.05. The van der Waals surface area contributed by atoms with Crippen LogP contribution < -0.4 is 10.6 Å². The van der Waals surface area contributed by atoms with Gasteiger partial charge in [-0.2, -0.15) is 0 Å². The molecule has 2 heterocycles. The predicted octanol–water partition coefficient (Wildman–Crippen LogP) is 1.77. The third kappa shape index (κ3) is 3.26. The van der Waals surface area contributed by atoms with Crippen LogP contribution in [-0.2, 0) is 4.79 Å². The number of imide groups is 1. The average molecular weight is 308 g/mol. The van der Waals surface area contributed by atoms with E-state index in [4.69, 9.17) is 0 Å². The summed E-state index contributed by atoms with van der Waals surface area (Å²) in [5.41, 5.74) is 0. The van der Waals surface area contributed by atoms with Crippen LogP contribution in [0.25, 0.3) is 10.2 Å². The number of hydrogen-bond donors (Lipinski definition) is 2. The van der Waals surface area contributed by atoms with E-state index in [0.29, 0.717) is 0 Å². The van der Waals surface area contributed by atoms with Crippen LogP contribution in [0.1, 0.15) is 12.8 Å². The zero-order valence-corrected chi connectivity index (χ0v) is 12.1. The number of urea groups is 1. The highest BCUT2D eigenvalue weighted by atomic mass is 32.2. The fraction of sp³-hybridized carbons (Fsp3) is 0.333. The molecule has 2 aromatic heterocycles. The second-order valence-electron chi connectivity index (χ2n) is 4.40.